The quantitative estimate of drug-likeness (QED) is 0.884. The lowest BCUT2D eigenvalue weighted by atomic mass is 9.94. The zero-order valence-corrected chi connectivity index (χ0v) is 11.1. The first-order chi connectivity index (χ1) is 9.81. The Labute approximate surface area is 117 Å². The number of fused-ring (bicyclic) bond motifs is 1. The van der Waals surface area contributed by atoms with Crippen LogP contribution in [0.15, 0.2) is 36.5 Å². The van der Waals surface area contributed by atoms with Crippen LogP contribution in [0.5, 0.6) is 5.75 Å². The van der Waals surface area contributed by atoms with Gasteiger partial charge in [0.1, 0.15) is 5.75 Å². The molecular weight excluding hydrogens is 254 g/mol. The van der Waals surface area contributed by atoms with Crippen LogP contribution in [-0.2, 0) is 17.6 Å². The van der Waals surface area contributed by atoms with Gasteiger partial charge >= 0.3 is 0 Å². The maximum Gasteiger partial charge on any atom is 0.258 e. The summed E-state index contributed by atoms with van der Waals surface area (Å²) in [5.41, 5.74) is 2.39. The van der Waals surface area contributed by atoms with Crippen LogP contribution in [0, 0.1) is 0 Å². The number of aromatic nitrogens is 2. The third kappa shape index (κ3) is 2.99. The number of para-hydroxylation sites is 1. The van der Waals surface area contributed by atoms with Crippen molar-refractivity contribution in [3.8, 4) is 5.75 Å². The first-order valence-electron chi connectivity index (χ1n) is 6.79. The van der Waals surface area contributed by atoms with Gasteiger partial charge in [0.25, 0.3) is 5.91 Å². The van der Waals surface area contributed by atoms with Crippen molar-refractivity contribution in [1.29, 1.82) is 0 Å². The van der Waals surface area contributed by atoms with Crippen LogP contribution >= 0.6 is 0 Å². The van der Waals surface area contributed by atoms with Crippen LogP contribution in [0.25, 0.3) is 0 Å². The van der Waals surface area contributed by atoms with E-state index in [4.69, 9.17) is 4.74 Å². The molecule has 1 amide bonds. The van der Waals surface area contributed by atoms with Crippen molar-refractivity contribution in [3.63, 3.8) is 0 Å². The number of carbonyl (C=O) groups is 1. The number of aryl methyl sites for hydroxylation is 1. The van der Waals surface area contributed by atoms with E-state index in [0.717, 1.165) is 25.0 Å². The van der Waals surface area contributed by atoms with Crippen molar-refractivity contribution >= 4 is 5.91 Å². The van der Waals surface area contributed by atoms with Gasteiger partial charge < -0.3 is 10.1 Å². The summed E-state index contributed by atoms with van der Waals surface area (Å²) < 4.78 is 5.43. The summed E-state index contributed by atoms with van der Waals surface area (Å²) in [5, 5.41) is 10.0. The summed E-state index contributed by atoms with van der Waals surface area (Å²) in [6, 6.07) is 9.52. The predicted octanol–water partition coefficient (Wildman–Crippen LogP) is 1.46. The van der Waals surface area contributed by atoms with E-state index >= 15 is 0 Å². The van der Waals surface area contributed by atoms with Crippen molar-refractivity contribution in [1.82, 2.24) is 15.5 Å². The van der Waals surface area contributed by atoms with E-state index in [1.807, 2.05) is 36.5 Å². The summed E-state index contributed by atoms with van der Waals surface area (Å²) in [6.07, 6.45) is 4.58. The Bertz CT molecular complexity index is 580. The van der Waals surface area contributed by atoms with Gasteiger partial charge in [-0.3, -0.25) is 9.89 Å². The second-order valence-corrected chi connectivity index (χ2v) is 4.98. The number of nitrogens with zero attached hydrogens (tertiary/aromatic N) is 1. The molecule has 2 aromatic rings. The first kappa shape index (κ1) is 12.7. The van der Waals surface area contributed by atoms with E-state index in [9.17, 15) is 4.79 Å². The van der Waals surface area contributed by atoms with Crippen molar-refractivity contribution in [3.05, 3.63) is 47.8 Å². The number of hydrogen-bond donors (Lipinski definition) is 2. The number of amides is 1. The smallest absolute Gasteiger partial charge is 0.258 e. The Morgan fingerprint density at radius 2 is 2.25 bits per heavy atom. The van der Waals surface area contributed by atoms with Gasteiger partial charge in [-0.25, -0.2) is 0 Å². The van der Waals surface area contributed by atoms with Gasteiger partial charge in [-0.1, -0.05) is 18.2 Å². The van der Waals surface area contributed by atoms with E-state index in [1.165, 1.54) is 5.56 Å². The summed E-state index contributed by atoms with van der Waals surface area (Å²) in [4.78, 5) is 11.9. The standard InChI is InChI=1S/C15H17N3O2/c19-15(10-20-13-4-2-1-3-5-13)17-12-7-6-11-9-16-18-14(11)8-12/h1-5,9,12H,6-8,10H2,(H,16,18)(H,17,19). The van der Waals surface area contributed by atoms with Crippen molar-refractivity contribution < 1.29 is 9.53 Å². The van der Waals surface area contributed by atoms with Gasteiger partial charge in [0.05, 0.1) is 6.20 Å². The molecule has 1 aliphatic rings. The molecule has 0 fully saturated rings. The molecule has 20 heavy (non-hydrogen) atoms. The van der Waals surface area contributed by atoms with E-state index in [1.54, 1.807) is 0 Å². The lowest BCUT2D eigenvalue weighted by Crippen LogP contribution is -2.41. The third-order valence-electron chi connectivity index (χ3n) is 3.50. The monoisotopic (exact) mass is 271 g/mol. The molecule has 3 rings (SSSR count). The van der Waals surface area contributed by atoms with E-state index < -0.39 is 0 Å². The van der Waals surface area contributed by atoms with Crippen LogP contribution in [-0.4, -0.2) is 28.8 Å². The Kier molecular flexibility index (Phi) is 3.67. The van der Waals surface area contributed by atoms with E-state index in [0.29, 0.717) is 5.75 Å². The molecule has 1 atom stereocenters. The minimum absolute atomic E-state index is 0.0519. The summed E-state index contributed by atoms with van der Waals surface area (Å²) in [7, 11) is 0. The second kappa shape index (κ2) is 5.77. The van der Waals surface area contributed by atoms with Crippen molar-refractivity contribution in [2.75, 3.05) is 6.61 Å². The Balaban J connectivity index is 1.48. The van der Waals surface area contributed by atoms with Gasteiger partial charge in [-0.05, 0) is 30.5 Å². The molecule has 1 heterocycles. The highest BCUT2D eigenvalue weighted by Gasteiger charge is 2.21. The van der Waals surface area contributed by atoms with E-state index in [2.05, 4.69) is 15.5 Å². The van der Waals surface area contributed by atoms with Crippen LogP contribution in [0.4, 0.5) is 0 Å². The zero-order chi connectivity index (χ0) is 13.8. The summed E-state index contributed by atoms with van der Waals surface area (Å²) in [5.74, 6) is 0.629. The molecule has 5 nitrogen and oxygen atoms in total. The summed E-state index contributed by atoms with van der Waals surface area (Å²) in [6.45, 7) is 0.0519. The Hall–Kier alpha value is -2.30. The molecule has 1 aromatic heterocycles. The van der Waals surface area contributed by atoms with Crippen LogP contribution in [0.1, 0.15) is 17.7 Å². The predicted molar refractivity (Wildman–Crippen MR) is 74.5 cm³/mol. The van der Waals surface area contributed by atoms with Gasteiger partial charge in [0, 0.05) is 18.2 Å². The van der Waals surface area contributed by atoms with Crippen LogP contribution < -0.4 is 10.1 Å². The van der Waals surface area contributed by atoms with Gasteiger partial charge in [0.15, 0.2) is 6.61 Å². The first-order valence-corrected chi connectivity index (χ1v) is 6.79. The van der Waals surface area contributed by atoms with Crippen LogP contribution in [0.3, 0.4) is 0 Å². The molecule has 1 aromatic carbocycles. The molecule has 2 N–H and O–H groups in total. The number of rotatable bonds is 4. The maximum absolute atomic E-state index is 11.9. The highest BCUT2D eigenvalue weighted by atomic mass is 16.5. The molecule has 104 valence electrons. The number of carbonyl (C=O) groups excluding carboxylic acids is 1. The number of H-pyrrole nitrogens is 1. The molecule has 1 aliphatic carbocycles. The third-order valence-corrected chi connectivity index (χ3v) is 3.50. The molecule has 5 heteroatoms. The molecule has 0 spiro atoms. The fourth-order valence-corrected chi connectivity index (χ4v) is 2.47. The lowest BCUT2D eigenvalue weighted by Gasteiger charge is -2.22. The number of hydrogen-bond acceptors (Lipinski definition) is 3. The molecule has 0 radical (unpaired) electrons. The van der Waals surface area contributed by atoms with Crippen LogP contribution in [0.2, 0.25) is 0 Å². The SMILES string of the molecule is O=C(COc1ccccc1)NC1CCc2cn[nH]c2C1. The molecule has 1 unspecified atom stereocenters. The number of nitrogens with one attached hydrogen (secondary N) is 2. The molecule has 0 saturated carbocycles. The zero-order valence-electron chi connectivity index (χ0n) is 11.1. The normalized spacial score (nSPS) is 17.3. The largest absolute Gasteiger partial charge is 0.484 e. The van der Waals surface area contributed by atoms with Crippen molar-refractivity contribution in [2.45, 2.75) is 25.3 Å². The molecular formula is C15H17N3O2. The van der Waals surface area contributed by atoms with Gasteiger partial charge in [0.2, 0.25) is 0 Å². The second-order valence-electron chi connectivity index (χ2n) is 4.98. The summed E-state index contributed by atoms with van der Waals surface area (Å²) >= 11 is 0. The lowest BCUT2D eigenvalue weighted by molar-refractivity contribution is -0.123. The Morgan fingerprint density at radius 1 is 1.40 bits per heavy atom. The average Bonchev–Trinajstić information content (AvgIpc) is 2.94. The number of benzene rings is 1. The number of ether oxygens (including phenoxy) is 1. The molecule has 0 bridgehead atoms. The minimum atomic E-state index is -0.0816. The van der Waals surface area contributed by atoms with Gasteiger partial charge in [-0.15, -0.1) is 0 Å². The van der Waals surface area contributed by atoms with Gasteiger partial charge in [-0.2, -0.15) is 5.10 Å². The fraction of sp³-hybridized carbons (Fsp3) is 0.333. The van der Waals surface area contributed by atoms with Crippen molar-refractivity contribution in [2.24, 2.45) is 0 Å². The fourth-order valence-electron chi connectivity index (χ4n) is 2.47. The highest BCUT2D eigenvalue weighted by Crippen LogP contribution is 2.18. The number of aromatic amines is 1. The minimum Gasteiger partial charge on any atom is -0.484 e. The highest BCUT2D eigenvalue weighted by molar-refractivity contribution is 5.77. The molecule has 0 saturated heterocycles. The average molecular weight is 271 g/mol. The topological polar surface area (TPSA) is 67.0 Å². The maximum atomic E-state index is 11.9. The van der Waals surface area contributed by atoms with E-state index in [-0.39, 0.29) is 18.6 Å². The molecule has 0 aliphatic heterocycles. The Morgan fingerprint density at radius 3 is 3.10 bits per heavy atom.